The highest BCUT2D eigenvalue weighted by molar-refractivity contribution is 7.89. The smallest absolute Gasteiger partial charge is 0.214 e. The fourth-order valence-corrected chi connectivity index (χ4v) is 5.01. The molecule has 26 heavy (non-hydrogen) atoms. The molecule has 1 aromatic carbocycles. The fraction of sp³-hybridized carbons (Fsp3) is 0.444. The lowest BCUT2D eigenvalue weighted by molar-refractivity contribution is 0.287. The number of nitrogens with one attached hydrogen (secondary N) is 1. The Hall–Kier alpha value is -1.61. The number of ether oxygens (including phenoxy) is 2. The van der Waals surface area contributed by atoms with Gasteiger partial charge in [-0.25, -0.2) is 12.7 Å². The van der Waals surface area contributed by atoms with E-state index in [2.05, 4.69) is 5.32 Å². The highest BCUT2D eigenvalue weighted by Gasteiger charge is 2.27. The zero-order valence-electron chi connectivity index (χ0n) is 14.8. The lowest BCUT2D eigenvalue weighted by atomic mass is 10.2. The predicted molar refractivity (Wildman–Crippen MR) is 103 cm³/mol. The molecule has 1 aliphatic rings. The van der Waals surface area contributed by atoms with Gasteiger partial charge in [-0.15, -0.1) is 11.3 Å². The van der Waals surface area contributed by atoms with E-state index >= 15 is 0 Å². The Morgan fingerprint density at radius 2 is 2.15 bits per heavy atom. The number of hydrogen-bond donors (Lipinski definition) is 1. The molecule has 8 heteroatoms. The number of nitrogens with zero attached hydrogens (tertiary/aromatic N) is 1. The molecule has 6 nitrogen and oxygen atoms in total. The Morgan fingerprint density at radius 3 is 2.85 bits per heavy atom. The van der Waals surface area contributed by atoms with Crippen LogP contribution in [0.4, 0.5) is 0 Å². The van der Waals surface area contributed by atoms with Crippen LogP contribution in [-0.2, 0) is 23.2 Å². The third kappa shape index (κ3) is 4.97. The van der Waals surface area contributed by atoms with Crippen LogP contribution in [0.15, 0.2) is 35.7 Å². The van der Waals surface area contributed by atoms with Gasteiger partial charge in [-0.1, -0.05) is 12.1 Å². The number of methoxy groups -OCH3 is 1. The van der Waals surface area contributed by atoms with E-state index in [1.165, 1.54) is 0 Å². The first-order chi connectivity index (χ1) is 12.6. The maximum absolute atomic E-state index is 11.8. The van der Waals surface area contributed by atoms with Crippen LogP contribution < -0.4 is 14.8 Å². The van der Waals surface area contributed by atoms with Gasteiger partial charge in [-0.2, -0.15) is 0 Å². The summed E-state index contributed by atoms with van der Waals surface area (Å²) in [5.74, 6) is 1.69. The van der Waals surface area contributed by atoms with E-state index in [0.29, 0.717) is 44.3 Å². The van der Waals surface area contributed by atoms with Gasteiger partial charge in [0.25, 0.3) is 0 Å². The molecule has 1 saturated heterocycles. The maximum Gasteiger partial charge on any atom is 0.214 e. The molecular weight excluding hydrogens is 372 g/mol. The van der Waals surface area contributed by atoms with Crippen molar-refractivity contribution in [2.24, 2.45) is 0 Å². The zero-order chi connectivity index (χ0) is 18.4. The van der Waals surface area contributed by atoms with Gasteiger partial charge in [0.2, 0.25) is 10.0 Å². The van der Waals surface area contributed by atoms with Gasteiger partial charge in [0.15, 0.2) is 11.5 Å². The SMILES string of the molecule is COc1cc(CNCCN2CCCS2(=O)=O)ccc1OCc1cccs1. The zero-order valence-corrected chi connectivity index (χ0v) is 16.4. The van der Waals surface area contributed by atoms with Crippen molar-refractivity contribution in [1.29, 1.82) is 0 Å². The Kier molecular flexibility index (Phi) is 6.53. The number of thiophene rings is 1. The highest BCUT2D eigenvalue weighted by atomic mass is 32.2. The normalized spacial score (nSPS) is 16.7. The molecule has 0 bridgehead atoms. The van der Waals surface area contributed by atoms with Crippen molar-refractivity contribution >= 4 is 21.4 Å². The molecule has 0 amide bonds. The number of benzene rings is 1. The minimum atomic E-state index is -3.02. The summed E-state index contributed by atoms with van der Waals surface area (Å²) in [5, 5.41) is 5.32. The summed E-state index contributed by atoms with van der Waals surface area (Å²) in [7, 11) is -1.39. The van der Waals surface area contributed by atoms with Crippen LogP contribution in [0, 0.1) is 0 Å². The second-order valence-corrected chi connectivity index (χ2v) is 9.22. The van der Waals surface area contributed by atoms with Crippen molar-refractivity contribution < 1.29 is 17.9 Å². The van der Waals surface area contributed by atoms with Crippen molar-refractivity contribution in [3.05, 3.63) is 46.2 Å². The molecule has 0 unspecified atom stereocenters. The Balaban J connectivity index is 1.49. The van der Waals surface area contributed by atoms with Crippen LogP contribution in [-0.4, -0.2) is 45.2 Å². The fourth-order valence-electron chi connectivity index (χ4n) is 2.86. The van der Waals surface area contributed by atoms with Gasteiger partial charge in [-0.05, 0) is 35.6 Å². The monoisotopic (exact) mass is 396 g/mol. The molecule has 2 aromatic rings. The molecule has 3 rings (SSSR count). The molecule has 1 N–H and O–H groups in total. The van der Waals surface area contributed by atoms with Crippen molar-refractivity contribution in [2.75, 3.05) is 32.5 Å². The number of sulfonamides is 1. The molecule has 2 heterocycles. The van der Waals surface area contributed by atoms with Crippen molar-refractivity contribution in [3.8, 4) is 11.5 Å². The first-order valence-electron chi connectivity index (χ1n) is 8.59. The van der Waals surface area contributed by atoms with Crippen LogP contribution >= 0.6 is 11.3 Å². The first kappa shape index (κ1) is 19.2. The van der Waals surface area contributed by atoms with Crippen LogP contribution in [0.1, 0.15) is 16.9 Å². The molecule has 0 radical (unpaired) electrons. The average Bonchev–Trinajstić information content (AvgIpc) is 3.26. The van der Waals surface area contributed by atoms with Crippen molar-refractivity contribution in [3.63, 3.8) is 0 Å². The topological polar surface area (TPSA) is 67.9 Å². The van der Waals surface area contributed by atoms with Gasteiger partial charge >= 0.3 is 0 Å². The van der Waals surface area contributed by atoms with E-state index in [1.54, 1.807) is 22.8 Å². The second-order valence-electron chi connectivity index (χ2n) is 6.10. The first-order valence-corrected chi connectivity index (χ1v) is 11.1. The van der Waals surface area contributed by atoms with E-state index in [4.69, 9.17) is 9.47 Å². The Morgan fingerprint density at radius 1 is 1.27 bits per heavy atom. The van der Waals surface area contributed by atoms with Crippen molar-refractivity contribution in [1.82, 2.24) is 9.62 Å². The molecule has 1 fully saturated rings. The summed E-state index contributed by atoms with van der Waals surface area (Å²) in [4.78, 5) is 1.16. The molecule has 1 aromatic heterocycles. The molecule has 0 atom stereocenters. The van der Waals surface area contributed by atoms with Gasteiger partial charge < -0.3 is 14.8 Å². The van der Waals surface area contributed by atoms with Gasteiger partial charge in [0.1, 0.15) is 6.61 Å². The second kappa shape index (κ2) is 8.85. The molecular formula is C18H24N2O4S2. The summed E-state index contributed by atoms with van der Waals surface area (Å²) in [5.41, 5.74) is 1.06. The minimum absolute atomic E-state index is 0.275. The molecule has 0 saturated carbocycles. The van der Waals surface area contributed by atoms with Crippen LogP contribution in [0.2, 0.25) is 0 Å². The Labute approximate surface area is 158 Å². The summed E-state index contributed by atoms with van der Waals surface area (Å²) in [6, 6.07) is 9.89. The standard InChI is InChI=1S/C18H24N2O4S2/c1-23-18-12-15(5-6-17(18)24-14-16-4-2-10-25-16)13-19-7-9-20-8-3-11-26(20,21)22/h2,4-6,10,12,19H,3,7-9,11,13-14H2,1H3. The van der Waals surface area contributed by atoms with E-state index in [0.717, 1.165) is 16.9 Å². The molecule has 1 aliphatic heterocycles. The van der Waals surface area contributed by atoms with Gasteiger partial charge in [-0.3, -0.25) is 0 Å². The lowest BCUT2D eigenvalue weighted by Crippen LogP contribution is -2.33. The Bertz CT molecular complexity index is 807. The summed E-state index contributed by atoms with van der Waals surface area (Å²) >= 11 is 1.66. The van der Waals surface area contributed by atoms with Crippen LogP contribution in [0.3, 0.4) is 0 Å². The van der Waals surface area contributed by atoms with E-state index in [-0.39, 0.29) is 5.75 Å². The summed E-state index contributed by atoms with van der Waals surface area (Å²) in [6.07, 6.45) is 0.729. The number of rotatable bonds is 9. The summed E-state index contributed by atoms with van der Waals surface area (Å²) in [6.45, 7) is 2.94. The summed E-state index contributed by atoms with van der Waals surface area (Å²) < 4.78 is 36.4. The van der Waals surface area contributed by atoms with Crippen LogP contribution in [0.25, 0.3) is 0 Å². The largest absolute Gasteiger partial charge is 0.493 e. The molecule has 0 spiro atoms. The highest BCUT2D eigenvalue weighted by Crippen LogP contribution is 2.29. The quantitative estimate of drug-likeness (QED) is 0.660. The average molecular weight is 397 g/mol. The molecule has 0 aliphatic carbocycles. The third-order valence-corrected chi connectivity index (χ3v) is 7.05. The predicted octanol–water partition coefficient (Wildman–Crippen LogP) is 2.46. The van der Waals surface area contributed by atoms with Gasteiger partial charge in [0.05, 0.1) is 12.9 Å². The van der Waals surface area contributed by atoms with E-state index in [1.807, 2.05) is 35.7 Å². The van der Waals surface area contributed by atoms with Crippen LogP contribution in [0.5, 0.6) is 11.5 Å². The van der Waals surface area contributed by atoms with E-state index < -0.39 is 10.0 Å². The minimum Gasteiger partial charge on any atom is -0.493 e. The van der Waals surface area contributed by atoms with Gasteiger partial charge in [0, 0.05) is 31.1 Å². The lowest BCUT2D eigenvalue weighted by Gasteiger charge is -2.15. The van der Waals surface area contributed by atoms with E-state index in [9.17, 15) is 8.42 Å². The number of hydrogen-bond acceptors (Lipinski definition) is 6. The maximum atomic E-state index is 11.8. The third-order valence-electron chi connectivity index (χ3n) is 4.25. The molecule has 142 valence electrons. The van der Waals surface area contributed by atoms with Crippen molar-refractivity contribution in [2.45, 2.75) is 19.6 Å².